The normalized spacial score (nSPS) is 11.9. The van der Waals surface area contributed by atoms with Crippen LogP contribution in [0.3, 0.4) is 0 Å². The molecular weight excluding hydrogens is 715 g/mol. The van der Waals surface area contributed by atoms with E-state index in [1.807, 2.05) is 84.1 Å². The van der Waals surface area contributed by atoms with Crippen molar-refractivity contribution in [3.05, 3.63) is 216 Å². The highest BCUT2D eigenvalue weighted by molar-refractivity contribution is 7.26. The lowest BCUT2D eigenvalue weighted by Gasteiger charge is -2.10. The highest BCUT2D eigenvalue weighted by atomic mass is 32.1. The molecule has 2 aromatic heterocycles. The van der Waals surface area contributed by atoms with Crippen LogP contribution in [0.25, 0.3) is 64.4 Å². The Labute approximate surface area is 335 Å². The van der Waals surface area contributed by atoms with E-state index in [1.165, 1.54) is 25.7 Å². The van der Waals surface area contributed by atoms with Crippen molar-refractivity contribution in [3.8, 4) is 22.3 Å². The number of hydrogen-bond acceptors (Lipinski definition) is 3. The Morgan fingerprint density at radius 3 is 1.95 bits per heavy atom. The molecule has 0 aliphatic rings. The van der Waals surface area contributed by atoms with Gasteiger partial charge in [0.25, 0.3) is 0 Å². The van der Waals surface area contributed by atoms with Crippen molar-refractivity contribution in [2.24, 2.45) is 15.7 Å². The van der Waals surface area contributed by atoms with Gasteiger partial charge in [0.1, 0.15) is 17.0 Å². The first-order valence-corrected chi connectivity index (χ1v) is 19.9. The molecule has 0 bridgehead atoms. The molecule has 8 aromatic carbocycles. The van der Waals surface area contributed by atoms with Crippen LogP contribution in [0, 0.1) is 6.92 Å². The van der Waals surface area contributed by atoms with Gasteiger partial charge in [0.05, 0.1) is 6.54 Å². The van der Waals surface area contributed by atoms with E-state index in [4.69, 9.17) is 20.1 Å². The Morgan fingerprint density at radius 1 is 0.579 bits per heavy atom. The van der Waals surface area contributed by atoms with E-state index in [-0.39, 0.29) is 0 Å². The summed E-state index contributed by atoms with van der Waals surface area (Å²) in [5.74, 6) is 0.962. The van der Waals surface area contributed by atoms with Gasteiger partial charge in [-0.3, -0.25) is 4.99 Å². The Bertz CT molecular complexity index is 3040. The summed E-state index contributed by atoms with van der Waals surface area (Å²) in [6.07, 6.45) is 0. The molecule has 0 radical (unpaired) electrons. The molecule has 0 unspecified atom stereocenters. The number of nitrogens with zero attached hydrogens (tertiary/aromatic N) is 2. The van der Waals surface area contributed by atoms with Gasteiger partial charge < -0.3 is 10.2 Å². The second-order valence-electron chi connectivity index (χ2n) is 14.0. The molecular formula is C52H39N3OS. The molecule has 0 amide bonds. The molecule has 0 atom stereocenters. The number of thiophene rings is 1. The summed E-state index contributed by atoms with van der Waals surface area (Å²) < 4.78 is 9.16. The van der Waals surface area contributed by atoms with Gasteiger partial charge in [-0.25, -0.2) is 4.99 Å². The molecule has 0 fully saturated rings. The molecule has 0 aliphatic heterocycles. The van der Waals surface area contributed by atoms with Crippen molar-refractivity contribution in [2.45, 2.75) is 13.5 Å². The summed E-state index contributed by atoms with van der Waals surface area (Å²) in [6, 6.07) is 66.6. The number of furan rings is 1. The number of aryl methyl sites for hydroxylation is 1. The number of nitrogens with two attached hydrogens (primary N) is 1. The lowest BCUT2D eigenvalue weighted by molar-refractivity contribution is 0.670. The van der Waals surface area contributed by atoms with Crippen LogP contribution in [0.5, 0.6) is 0 Å². The van der Waals surface area contributed by atoms with E-state index in [0.29, 0.717) is 18.2 Å². The fourth-order valence-electron chi connectivity index (χ4n) is 7.33. The Balaban J connectivity index is 0.000000548. The van der Waals surface area contributed by atoms with Crippen LogP contribution in [0.2, 0.25) is 0 Å². The Morgan fingerprint density at radius 2 is 1.23 bits per heavy atom. The third kappa shape index (κ3) is 7.37. The predicted octanol–water partition coefficient (Wildman–Crippen LogP) is 13.6. The van der Waals surface area contributed by atoms with Crippen molar-refractivity contribution in [1.82, 2.24) is 0 Å². The van der Waals surface area contributed by atoms with Gasteiger partial charge in [0.15, 0.2) is 5.84 Å². The zero-order valence-electron chi connectivity index (χ0n) is 31.5. The van der Waals surface area contributed by atoms with Crippen LogP contribution in [0.15, 0.2) is 209 Å². The van der Waals surface area contributed by atoms with Crippen molar-refractivity contribution in [3.63, 3.8) is 0 Å². The van der Waals surface area contributed by atoms with Gasteiger partial charge in [0.2, 0.25) is 0 Å². The van der Waals surface area contributed by atoms with Crippen LogP contribution < -0.4 is 5.73 Å². The van der Waals surface area contributed by atoms with Crippen molar-refractivity contribution in [2.75, 3.05) is 0 Å². The standard InChI is InChI=1S/C45H31N3OS.C7H8/c46-44(48-45(31-17-8-3-9-18-31)47-28-33-19-12-21-36-35-20-10-11-22-40(35)50-43(33)36)37-25-24-34(30-15-6-2-7-16-30)42-41(37)38-27-32(23-26-39(38)49-42)29-13-4-1-5-14-29;1-7-5-3-2-4-6-7/h1-27H,28H2,(H2,46,47,48);2-6H,1H3. The second kappa shape index (κ2) is 16.0. The smallest absolute Gasteiger partial charge is 0.157 e. The first kappa shape index (κ1) is 35.6. The summed E-state index contributed by atoms with van der Waals surface area (Å²) in [6.45, 7) is 2.56. The van der Waals surface area contributed by atoms with Crippen molar-refractivity contribution in [1.29, 1.82) is 0 Å². The molecule has 0 spiro atoms. The quantitative estimate of drug-likeness (QED) is 0.136. The maximum atomic E-state index is 7.03. The summed E-state index contributed by atoms with van der Waals surface area (Å²) in [5, 5.41) is 4.45. The number of rotatable bonds is 6. The first-order valence-electron chi connectivity index (χ1n) is 19.1. The van der Waals surface area contributed by atoms with Gasteiger partial charge in [-0.2, -0.15) is 0 Å². The summed E-state index contributed by atoms with van der Waals surface area (Å²) in [5.41, 5.74) is 17.1. The van der Waals surface area contributed by atoms with Crippen LogP contribution in [0.1, 0.15) is 22.3 Å². The molecule has 10 aromatic rings. The number of fused-ring (bicyclic) bond motifs is 6. The third-order valence-electron chi connectivity index (χ3n) is 10.2. The van der Waals surface area contributed by atoms with E-state index >= 15 is 0 Å². The number of aliphatic imine (C=N–C) groups is 2. The average Bonchev–Trinajstić information content (AvgIpc) is 3.85. The maximum Gasteiger partial charge on any atom is 0.157 e. The van der Waals surface area contributed by atoms with E-state index in [2.05, 4.69) is 128 Å². The Kier molecular flexibility index (Phi) is 9.97. The van der Waals surface area contributed by atoms with Gasteiger partial charge in [-0.15, -0.1) is 11.3 Å². The molecule has 4 nitrogen and oxygen atoms in total. The monoisotopic (exact) mass is 753 g/mol. The summed E-state index contributed by atoms with van der Waals surface area (Å²) in [4.78, 5) is 10.2. The van der Waals surface area contributed by atoms with Crippen LogP contribution in [-0.4, -0.2) is 11.7 Å². The van der Waals surface area contributed by atoms with E-state index in [1.54, 1.807) is 0 Å². The number of amidine groups is 2. The van der Waals surface area contributed by atoms with Crippen molar-refractivity contribution < 1.29 is 4.42 Å². The number of hydrogen-bond donors (Lipinski definition) is 1. The van der Waals surface area contributed by atoms with E-state index in [0.717, 1.165) is 60.9 Å². The minimum absolute atomic E-state index is 0.380. The number of benzene rings is 8. The molecule has 57 heavy (non-hydrogen) atoms. The van der Waals surface area contributed by atoms with Crippen molar-refractivity contribution >= 4 is 65.1 Å². The van der Waals surface area contributed by atoms with E-state index in [9.17, 15) is 0 Å². The lowest BCUT2D eigenvalue weighted by Crippen LogP contribution is -2.17. The lowest BCUT2D eigenvalue weighted by atomic mass is 9.96. The molecule has 2 heterocycles. The van der Waals surface area contributed by atoms with Gasteiger partial charge in [-0.05, 0) is 59.5 Å². The molecule has 10 rings (SSSR count). The van der Waals surface area contributed by atoms with Crippen LogP contribution in [-0.2, 0) is 6.54 Å². The minimum Gasteiger partial charge on any atom is -0.455 e. The van der Waals surface area contributed by atoms with Crippen LogP contribution >= 0.6 is 11.3 Å². The minimum atomic E-state index is 0.380. The molecule has 0 aliphatic carbocycles. The Hall–Kier alpha value is -7.08. The largest absolute Gasteiger partial charge is 0.455 e. The molecule has 5 heteroatoms. The van der Waals surface area contributed by atoms with Gasteiger partial charge in [0, 0.05) is 47.6 Å². The fraction of sp³-hybridized carbons (Fsp3) is 0.0385. The van der Waals surface area contributed by atoms with Crippen LogP contribution in [0.4, 0.5) is 0 Å². The van der Waals surface area contributed by atoms with E-state index < -0.39 is 0 Å². The predicted molar refractivity (Wildman–Crippen MR) is 243 cm³/mol. The van der Waals surface area contributed by atoms with Gasteiger partial charge in [-0.1, -0.05) is 169 Å². The SMILES string of the molecule is Cc1ccccc1.NC(=NC(=NCc1cccc2c1sc1ccccc12)c1ccccc1)c1ccc(-c2ccccc2)c2oc3ccc(-c4ccccc4)cc3c12. The molecule has 2 N–H and O–H groups in total. The topological polar surface area (TPSA) is 63.9 Å². The third-order valence-corrected chi connectivity index (χ3v) is 11.4. The zero-order chi connectivity index (χ0) is 38.6. The molecule has 274 valence electrons. The summed E-state index contributed by atoms with van der Waals surface area (Å²) >= 11 is 1.81. The molecule has 0 saturated carbocycles. The molecule has 0 saturated heterocycles. The van der Waals surface area contributed by atoms with Gasteiger partial charge >= 0.3 is 0 Å². The average molecular weight is 754 g/mol. The highest BCUT2D eigenvalue weighted by Gasteiger charge is 2.19. The first-order chi connectivity index (χ1) is 28.1. The maximum absolute atomic E-state index is 7.03. The highest BCUT2D eigenvalue weighted by Crippen LogP contribution is 2.40. The summed E-state index contributed by atoms with van der Waals surface area (Å²) in [7, 11) is 0. The fourth-order valence-corrected chi connectivity index (χ4v) is 8.53. The second-order valence-corrected chi connectivity index (χ2v) is 15.0. The zero-order valence-corrected chi connectivity index (χ0v) is 32.3.